The number of halogens is 3. The van der Waals surface area contributed by atoms with Crippen molar-refractivity contribution in [1.29, 1.82) is 0 Å². The lowest BCUT2D eigenvalue weighted by atomic mass is 10.3. The second-order valence-corrected chi connectivity index (χ2v) is 6.87. The van der Waals surface area contributed by atoms with E-state index < -0.39 is 27.9 Å². The molecule has 6 nitrogen and oxygen atoms in total. The average molecular weight is 398 g/mol. The van der Waals surface area contributed by atoms with E-state index in [9.17, 15) is 21.6 Å². The van der Waals surface area contributed by atoms with Gasteiger partial charge in [-0.2, -0.15) is 31.4 Å². The van der Waals surface area contributed by atoms with Crippen molar-refractivity contribution in [3.05, 3.63) is 66.4 Å². The molecule has 0 saturated heterocycles. The molecule has 0 aliphatic heterocycles. The van der Waals surface area contributed by atoms with Crippen LogP contribution in [0.2, 0.25) is 0 Å². The number of methoxy groups -OCH3 is 1. The third-order valence-corrected chi connectivity index (χ3v) is 4.75. The summed E-state index contributed by atoms with van der Waals surface area (Å²) in [5.74, 6) is -0.160. The maximum atomic E-state index is 13.0. The molecule has 2 aromatic carbocycles. The zero-order valence-corrected chi connectivity index (χ0v) is 14.7. The molecule has 142 valence electrons. The van der Waals surface area contributed by atoms with E-state index in [4.69, 9.17) is 8.92 Å². The maximum Gasteiger partial charge on any atom is 0.435 e. The number of benzene rings is 2. The predicted molar refractivity (Wildman–Crippen MR) is 89.4 cm³/mol. The first-order valence-electron chi connectivity index (χ1n) is 7.52. The number of para-hydroxylation sites is 1. The van der Waals surface area contributed by atoms with Crippen molar-refractivity contribution < 1.29 is 30.5 Å². The van der Waals surface area contributed by atoms with Gasteiger partial charge in [-0.05, 0) is 36.4 Å². The van der Waals surface area contributed by atoms with Gasteiger partial charge >= 0.3 is 16.3 Å². The molecule has 1 heterocycles. The Morgan fingerprint density at radius 3 is 2.19 bits per heavy atom. The smallest absolute Gasteiger partial charge is 0.435 e. The Morgan fingerprint density at radius 1 is 1.00 bits per heavy atom. The van der Waals surface area contributed by atoms with Gasteiger partial charge in [0.25, 0.3) is 0 Å². The van der Waals surface area contributed by atoms with Crippen molar-refractivity contribution in [3.63, 3.8) is 0 Å². The zero-order valence-electron chi connectivity index (χ0n) is 13.8. The minimum atomic E-state index is -4.76. The highest BCUT2D eigenvalue weighted by Gasteiger charge is 2.36. The van der Waals surface area contributed by atoms with Gasteiger partial charge in [-0.15, -0.1) is 0 Å². The average Bonchev–Trinajstić information content (AvgIpc) is 3.06. The lowest BCUT2D eigenvalue weighted by Gasteiger charge is -2.09. The molecule has 1 aromatic heterocycles. The van der Waals surface area contributed by atoms with E-state index in [-0.39, 0.29) is 10.6 Å². The molecule has 0 radical (unpaired) electrons. The highest BCUT2D eigenvalue weighted by Crippen LogP contribution is 2.33. The van der Waals surface area contributed by atoms with Crippen molar-refractivity contribution >= 4 is 10.1 Å². The van der Waals surface area contributed by atoms with Crippen molar-refractivity contribution in [3.8, 4) is 17.3 Å². The number of hydrogen-bond donors (Lipinski definition) is 0. The molecule has 10 heteroatoms. The molecule has 0 fully saturated rings. The molecule has 0 aliphatic carbocycles. The minimum absolute atomic E-state index is 0.216. The Kier molecular flexibility index (Phi) is 4.83. The standard InChI is InChI=1S/C17H13F3N2O4S/c1-25-13-7-9-14(10-8-13)27(23,24)26-16-11-15(17(18,19)20)21-22(16)12-5-3-2-4-6-12/h2-11H,1H3. The first-order valence-corrected chi connectivity index (χ1v) is 8.93. The monoisotopic (exact) mass is 398 g/mol. The molecule has 0 bridgehead atoms. The fraction of sp³-hybridized carbons (Fsp3) is 0.118. The van der Waals surface area contributed by atoms with Crippen LogP contribution >= 0.6 is 0 Å². The van der Waals surface area contributed by atoms with Gasteiger partial charge in [0.15, 0.2) is 5.69 Å². The molecule has 3 rings (SSSR count). The van der Waals surface area contributed by atoms with E-state index >= 15 is 0 Å². The number of ether oxygens (including phenoxy) is 1. The molecule has 0 atom stereocenters. The third kappa shape index (κ3) is 4.05. The highest BCUT2D eigenvalue weighted by molar-refractivity contribution is 7.87. The zero-order chi connectivity index (χ0) is 19.7. The summed E-state index contributed by atoms with van der Waals surface area (Å²) >= 11 is 0. The number of rotatable bonds is 5. The second-order valence-electron chi connectivity index (χ2n) is 5.33. The Labute approximate surface area is 152 Å². The Morgan fingerprint density at radius 2 is 1.63 bits per heavy atom. The summed E-state index contributed by atoms with van der Waals surface area (Å²) in [5, 5.41) is 3.44. The van der Waals surface area contributed by atoms with Crippen LogP contribution in [0.15, 0.2) is 65.6 Å². The number of alkyl halides is 3. The van der Waals surface area contributed by atoms with Gasteiger partial charge in [0.2, 0.25) is 5.88 Å². The molecule has 0 aliphatic rings. The van der Waals surface area contributed by atoms with Gasteiger partial charge in [0, 0.05) is 6.07 Å². The summed E-state index contributed by atoms with van der Waals surface area (Å²) in [6.07, 6.45) is -4.76. The van der Waals surface area contributed by atoms with Crippen molar-refractivity contribution in [2.24, 2.45) is 0 Å². The number of hydrogen-bond acceptors (Lipinski definition) is 5. The summed E-state index contributed by atoms with van der Waals surface area (Å²) in [6, 6.07) is 13.5. The van der Waals surface area contributed by atoms with E-state index in [0.717, 1.165) is 4.68 Å². The van der Waals surface area contributed by atoms with Gasteiger partial charge < -0.3 is 8.92 Å². The van der Waals surface area contributed by atoms with Crippen LogP contribution < -0.4 is 8.92 Å². The summed E-state index contributed by atoms with van der Waals surface area (Å²) in [6.45, 7) is 0. The minimum Gasteiger partial charge on any atom is -0.497 e. The molecule has 0 amide bonds. The van der Waals surface area contributed by atoms with Crippen LogP contribution in [0.4, 0.5) is 13.2 Å². The summed E-state index contributed by atoms with van der Waals surface area (Å²) in [5.41, 5.74) is -1.06. The molecular weight excluding hydrogens is 385 g/mol. The first kappa shape index (κ1) is 18.8. The molecular formula is C17H13F3N2O4S. The van der Waals surface area contributed by atoms with Crippen LogP contribution in [-0.4, -0.2) is 25.3 Å². The summed E-state index contributed by atoms with van der Waals surface area (Å²) < 4.78 is 74.7. The van der Waals surface area contributed by atoms with Crippen molar-refractivity contribution in [2.75, 3.05) is 7.11 Å². The topological polar surface area (TPSA) is 70.4 Å². The molecule has 0 saturated carbocycles. The summed E-state index contributed by atoms with van der Waals surface area (Å²) in [4.78, 5) is -0.238. The van der Waals surface area contributed by atoms with E-state index in [1.165, 1.54) is 43.5 Å². The van der Waals surface area contributed by atoms with Gasteiger partial charge in [-0.3, -0.25) is 0 Å². The summed E-state index contributed by atoms with van der Waals surface area (Å²) in [7, 11) is -2.97. The van der Waals surface area contributed by atoms with Crippen LogP contribution in [0.3, 0.4) is 0 Å². The van der Waals surface area contributed by atoms with Crippen LogP contribution in [0.25, 0.3) is 5.69 Å². The van der Waals surface area contributed by atoms with Gasteiger partial charge in [-0.1, -0.05) is 18.2 Å². The maximum absolute atomic E-state index is 13.0. The molecule has 0 unspecified atom stereocenters. The van der Waals surface area contributed by atoms with Crippen LogP contribution in [0.1, 0.15) is 5.69 Å². The highest BCUT2D eigenvalue weighted by atomic mass is 32.2. The number of nitrogens with zero attached hydrogens (tertiary/aromatic N) is 2. The van der Waals surface area contributed by atoms with E-state index in [1.54, 1.807) is 18.2 Å². The first-order chi connectivity index (χ1) is 12.7. The lowest BCUT2D eigenvalue weighted by molar-refractivity contribution is -0.141. The van der Waals surface area contributed by atoms with Crippen molar-refractivity contribution in [2.45, 2.75) is 11.1 Å². The largest absolute Gasteiger partial charge is 0.497 e. The van der Waals surface area contributed by atoms with E-state index in [0.29, 0.717) is 11.8 Å². The quantitative estimate of drug-likeness (QED) is 0.614. The number of aromatic nitrogens is 2. The fourth-order valence-corrected chi connectivity index (χ4v) is 3.13. The van der Waals surface area contributed by atoms with E-state index in [1.807, 2.05) is 0 Å². The van der Waals surface area contributed by atoms with Gasteiger partial charge in [0.1, 0.15) is 10.6 Å². The van der Waals surface area contributed by atoms with Crippen molar-refractivity contribution in [1.82, 2.24) is 9.78 Å². The van der Waals surface area contributed by atoms with E-state index in [2.05, 4.69) is 5.10 Å². The fourth-order valence-electron chi connectivity index (χ4n) is 2.22. The molecule has 0 N–H and O–H groups in total. The lowest BCUT2D eigenvalue weighted by Crippen LogP contribution is -2.12. The predicted octanol–water partition coefficient (Wildman–Crippen LogP) is 3.67. The molecule has 0 spiro atoms. The Bertz CT molecular complexity index is 1030. The Hall–Kier alpha value is -3.01. The third-order valence-electron chi connectivity index (χ3n) is 3.51. The van der Waals surface area contributed by atoms with Gasteiger partial charge in [-0.25, -0.2) is 0 Å². The SMILES string of the molecule is COc1ccc(S(=O)(=O)Oc2cc(C(F)(F)F)nn2-c2ccccc2)cc1. The Balaban J connectivity index is 2.03. The normalized spacial score (nSPS) is 12.0. The van der Waals surface area contributed by atoms with Crippen LogP contribution in [0.5, 0.6) is 11.6 Å². The van der Waals surface area contributed by atoms with Gasteiger partial charge in [0.05, 0.1) is 12.8 Å². The molecule has 3 aromatic rings. The second kappa shape index (κ2) is 6.95. The van der Waals surface area contributed by atoms with Crippen LogP contribution in [-0.2, 0) is 16.3 Å². The van der Waals surface area contributed by atoms with Crippen LogP contribution in [0, 0.1) is 0 Å². The molecule has 27 heavy (non-hydrogen) atoms.